The van der Waals surface area contributed by atoms with Crippen molar-refractivity contribution in [2.45, 2.75) is 55.9 Å². The lowest BCUT2D eigenvalue weighted by atomic mass is 9.86. The van der Waals surface area contributed by atoms with Gasteiger partial charge in [-0.1, -0.05) is 32.9 Å². The Morgan fingerprint density at radius 3 is 2.32 bits per heavy atom. The third-order valence-corrected chi connectivity index (χ3v) is 5.45. The number of carbonyl (C=O) groups excluding carboxylic acids is 1. The van der Waals surface area contributed by atoms with Crippen LogP contribution in [-0.4, -0.2) is 41.5 Å². The molecule has 6 heteroatoms. The molecule has 0 bridgehead atoms. The minimum absolute atomic E-state index is 0.0625. The summed E-state index contributed by atoms with van der Waals surface area (Å²) < 4.78 is 5.31. The number of amides is 1. The van der Waals surface area contributed by atoms with E-state index in [2.05, 4.69) is 38.2 Å². The molecule has 1 saturated heterocycles. The van der Waals surface area contributed by atoms with Gasteiger partial charge < -0.3 is 15.2 Å². The summed E-state index contributed by atoms with van der Waals surface area (Å²) in [6.45, 7) is 7.46. The van der Waals surface area contributed by atoms with Crippen molar-refractivity contribution in [1.29, 1.82) is 0 Å². The summed E-state index contributed by atoms with van der Waals surface area (Å²) >= 11 is 1.46. The van der Waals surface area contributed by atoms with Gasteiger partial charge in [0.05, 0.1) is 17.7 Å². The molecule has 0 radical (unpaired) electrons. The molecule has 0 aliphatic carbocycles. The van der Waals surface area contributed by atoms with Gasteiger partial charge in [0.2, 0.25) is 5.91 Å². The Morgan fingerprint density at radius 1 is 1.20 bits per heavy atom. The third-order valence-electron chi connectivity index (χ3n) is 4.43. The Hall–Kier alpha value is -1.53. The van der Waals surface area contributed by atoms with Crippen molar-refractivity contribution in [3.63, 3.8) is 0 Å². The highest BCUT2D eigenvalue weighted by molar-refractivity contribution is 8.00. The van der Waals surface area contributed by atoms with Crippen molar-refractivity contribution >= 4 is 23.6 Å². The molecule has 0 unspecified atom stereocenters. The normalized spacial score (nSPS) is 17.1. The number of ether oxygens (including phenoxy) is 1. The van der Waals surface area contributed by atoms with Crippen molar-refractivity contribution in [3.05, 3.63) is 29.8 Å². The maximum absolute atomic E-state index is 12.3. The van der Waals surface area contributed by atoms with Gasteiger partial charge in [0, 0.05) is 18.1 Å². The molecular weight excluding hydrogens is 338 g/mol. The zero-order valence-corrected chi connectivity index (χ0v) is 15.9. The van der Waals surface area contributed by atoms with Crippen LogP contribution in [0.2, 0.25) is 0 Å². The van der Waals surface area contributed by atoms with Gasteiger partial charge in [-0.3, -0.25) is 9.59 Å². The van der Waals surface area contributed by atoms with Crippen LogP contribution in [-0.2, 0) is 19.7 Å². The maximum atomic E-state index is 12.3. The van der Waals surface area contributed by atoms with E-state index < -0.39 is 11.5 Å². The Kier molecular flexibility index (Phi) is 6.52. The summed E-state index contributed by atoms with van der Waals surface area (Å²) in [6.07, 6.45) is 1.01. The topological polar surface area (TPSA) is 75.6 Å². The fraction of sp³-hybridized carbons (Fsp3) is 0.579. The van der Waals surface area contributed by atoms with Gasteiger partial charge in [-0.05, 0) is 36.0 Å². The predicted octanol–water partition coefficient (Wildman–Crippen LogP) is 3.22. The number of carboxylic acid groups (broad SMARTS) is 1. The molecule has 1 aliphatic rings. The van der Waals surface area contributed by atoms with Crippen LogP contribution in [0.5, 0.6) is 0 Å². The van der Waals surface area contributed by atoms with Gasteiger partial charge in [-0.2, -0.15) is 0 Å². The second kappa shape index (κ2) is 8.23. The number of benzene rings is 1. The van der Waals surface area contributed by atoms with E-state index >= 15 is 0 Å². The van der Waals surface area contributed by atoms with Crippen molar-refractivity contribution in [3.8, 4) is 0 Å². The average molecular weight is 365 g/mol. The van der Waals surface area contributed by atoms with Gasteiger partial charge in [-0.25, -0.2) is 0 Å². The zero-order valence-electron chi connectivity index (χ0n) is 15.1. The molecule has 1 aromatic carbocycles. The molecule has 1 aromatic rings. The van der Waals surface area contributed by atoms with Crippen LogP contribution in [0.1, 0.15) is 45.6 Å². The molecule has 1 heterocycles. The summed E-state index contributed by atoms with van der Waals surface area (Å²) in [4.78, 5) is 24.5. The van der Waals surface area contributed by atoms with Crippen molar-refractivity contribution < 1.29 is 19.4 Å². The maximum Gasteiger partial charge on any atom is 0.305 e. The molecule has 0 aromatic heterocycles. The second-order valence-corrected chi connectivity index (χ2v) is 8.62. The molecule has 2 rings (SSSR count). The van der Waals surface area contributed by atoms with Crippen LogP contribution >= 0.6 is 11.8 Å². The summed E-state index contributed by atoms with van der Waals surface area (Å²) in [5.41, 5.74) is 0.675. The number of hydrogen-bond donors (Lipinski definition) is 2. The summed E-state index contributed by atoms with van der Waals surface area (Å²) in [5.74, 6) is -0.752. The van der Waals surface area contributed by atoms with Gasteiger partial charge in [0.25, 0.3) is 0 Å². The number of hydrogen-bond acceptors (Lipinski definition) is 4. The largest absolute Gasteiger partial charge is 0.481 e. The van der Waals surface area contributed by atoms with Gasteiger partial charge in [0.15, 0.2) is 0 Å². The van der Waals surface area contributed by atoms with Crippen LogP contribution in [0, 0.1) is 0 Å². The van der Waals surface area contributed by atoms with Crippen molar-refractivity contribution in [1.82, 2.24) is 5.32 Å². The minimum atomic E-state index is -0.896. The first-order valence-electron chi connectivity index (χ1n) is 8.54. The van der Waals surface area contributed by atoms with Crippen LogP contribution in [0.4, 0.5) is 0 Å². The quantitative estimate of drug-likeness (QED) is 0.757. The molecule has 0 atom stereocenters. The van der Waals surface area contributed by atoms with Gasteiger partial charge in [0.1, 0.15) is 0 Å². The fourth-order valence-corrected chi connectivity index (χ4v) is 3.63. The molecular formula is C19H27NO4S. The van der Waals surface area contributed by atoms with Crippen LogP contribution in [0.15, 0.2) is 29.2 Å². The average Bonchev–Trinajstić information content (AvgIpc) is 2.52. The number of aliphatic carboxylic acids is 1. The molecule has 5 nitrogen and oxygen atoms in total. The van der Waals surface area contributed by atoms with Crippen LogP contribution in [0.25, 0.3) is 0 Å². The number of carboxylic acids is 1. The molecule has 2 N–H and O–H groups in total. The first kappa shape index (κ1) is 19.8. The van der Waals surface area contributed by atoms with E-state index in [0.29, 0.717) is 26.1 Å². The second-order valence-electron chi connectivity index (χ2n) is 7.57. The number of nitrogens with one attached hydrogen (secondary N) is 1. The van der Waals surface area contributed by atoms with Gasteiger partial charge >= 0.3 is 5.97 Å². The highest BCUT2D eigenvalue weighted by atomic mass is 32.2. The number of thioether (sulfide) groups is 1. The third kappa shape index (κ3) is 6.04. The molecule has 1 fully saturated rings. The van der Waals surface area contributed by atoms with E-state index in [4.69, 9.17) is 9.84 Å². The van der Waals surface area contributed by atoms with Gasteiger partial charge in [-0.15, -0.1) is 11.8 Å². The predicted molar refractivity (Wildman–Crippen MR) is 99.0 cm³/mol. The Labute approximate surface area is 153 Å². The molecule has 1 amide bonds. The monoisotopic (exact) mass is 365 g/mol. The minimum Gasteiger partial charge on any atom is -0.481 e. The van der Waals surface area contributed by atoms with Crippen molar-refractivity contribution in [2.75, 3.05) is 19.0 Å². The number of carbonyl (C=O) groups is 2. The summed E-state index contributed by atoms with van der Waals surface area (Å²) in [5, 5.41) is 12.1. The van der Waals surface area contributed by atoms with E-state index in [1.165, 1.54) is 17.3 Å². The summed E-state index contributed by atoms with van der Waals surface area (Å²) in [7, 11) is 0. The lowest BCUT2D eigenvalue weighted by Crippen LogP contribution is -2.53. The molecule has 25 heavy (non-hydrogen) atoms. The highest BCUT2D eigenvalue weighted by Gasteiger charge is 2.36. The Morgan fingerprint density at radius 2 is 1.80 bits per heavy atom. The van der Waals surface area contributed by atoms with Crippen molar-refractivity contribution in [2.24, 2.45) is 0 Å². The molecule has 0 saturated carbocycles. The Bertz CT molecular complexity index is 601. The smallest absolute Gasteiger partial charge is 0.305 e. The number of rotatable bonds is 6. The molecule has 138 valence electrons. The van der Waals surface area contributed by atoms with Crippen LogP contribution in [0.3, 0.4) is 0 Å². The van der Waals surface area contributed by atoms with E-state index in [9.17, 15) is 9.59 Å². The Balaban J connectivity index is 1.91. The standard InChI is InChI=1S/C19H27NO4S/c1-18(2,3)14-4-6-15(7-5-14)25-13-16(21)20-19(12-17(22)23)8-10-24-11-9-19/h4-7H,8-13H2,1-3H3,(H,20,21)(H,22,23). The van der Waals surface area contributed by atoms with E-state index in [1.54, 1.807) is 0 Å². The first-order valence-corrected chi connectivity index (χ1v) is 9.53. The highest BCUT2D eigenvalue weighted by Crippen LogP contribution is 2.27. The summed E-state index contributed by atoms with van der Waals surface area (Å²) in [6, 6.07) is 8.23. The lowest BCUT2D eigenvalue weighted by molar-refractivity contribution is -0.140. The van der Waals surface area contributed by atoms with E-state index in [-0.39, 0.29) is 23.5 Å². The SMILES string of the molecule is CC(C)(C)c1ccc(SCC(=O)NC2(CC(=O)O)CCOCC2)cc1. The first-order chi connectivity index (χ1) is 11.7. The fourth-order valence-electron chi connectivity index (χ4n) is 2.93. The molecule has 1 aliphatic heterocycles. The lowest BCUT2D eigenvalue weighted by Gasteiger charge is -2.36. The molecule has 0 spiro atoms. The van der Waals surface area contributed by atoms with E-state index in [0.717, 1.165) is 4.90 Å². The zero-order chi connectivity index (χ0) is 18.5. The van der Waals surface area contributed by atoms with E-state index in [1.807, 2.05) is 12.1 Å². The van der Waals surface area contributed by atoms with Crippen LogP contribution < -0.4 is 5.32 Å².